The summed E-state index contributed by atoms with van der Waals surface area (Å²) in [7, 11) is 0. The smallest absolute Gasteiger partial charge is 0.0246 e. The van der Waals surface area contributed by atoms with Gasteiger partial charge in [0.2, 0.25) is 0 Å². The predicted octanol–water partition coefficient (Wildman–Crippen LogP) is 2.24. The standard InChI is InChI=1S/C13H26N2/c1-2-4-11-7-8-15(10-11)13(9-14)12-5-3-6-12/h11-13H,2-10,14H2,1H3. The zero-order valence-corrected chi connectivity index (χ0v) is 10.1. The molecule has 0 aromatic rings. The number of likely N-dealkylation sites (tertiary alicyclic amines) is 1. The van der Waals surface area contributed by atoms with E-state index < -0.39 is 0 Å². The number of nitrogens with zero attached hydrogens (tertiary/aromatic N) is 1. The summed E-state index contributed by atoms with van der Waals surface area (Å²) in [6.45, 7) is 5.81. The molecular formula is C13H26N2. The lowest BCUT2D eigenvalue weighted by atomic mass is 9.79. The van der Waals surface area contributed by atoms with Crippen LogP contribution in [0.1, 0.15) is 45.4 Å². The highest BCUT2D eigenvalue weighted by molar-refractivity contribution is 4.89. The molecule has 1 aliphatic carbocycles. The molecule has 2 N–H and O–H groups in total. The van der Waals surface area contributed by atoms with Gasteiger partial charge in [-0.25, -0.2) is 0 Å². The third kappa shape index (κ3) is 2.54. The van der Waals surface area contributed by atoms with Crippen LogP contribution in [0.3, 0.4) is 0 Å². The van der Waals surface area contributed by atoms with Gasteiger partial charge < -0.3 is 5.73 Å². The second kappa shape index (κ2) is 5.31. The summed E-state index contributed by atoms with van der Waals surface area (Å²) >= 11 is 0. The van der Waals surface area contributed by atoms with Crippen molar-refractivity contribution >= 4 is 0 Å². The Morgan fingerprint density at radius 2 is 2.13 bits per heavy atom. The van der Waals surface area contributed by atoms with Crippen molar-refractivity contribution in [3.63, 3.8) is 0 Å². The fraction of sp³-hybridized carbons (Fsp3) is 1.00. The van der Waals surface area contributed by atoms with Gasteiger partial charge in [0.05, 0.1) is 0 Å². The summed E-state index contributed by atoms with van der Waals surface area (Å²) in [4.78, 5) is 2.68. The number of nitrogens with two attached hydrogens (primary N) is 1. The average molecular weight is 210 g/mol. The van der Waals surface area contributed by atoms with Crippen molar-refractivity contribution in [3.05, 3.63) is 0 Å². The second-order valence-electron chi connectivity index (χ2n) is 5.43. The summed E-state index contributed by atoms with van der Waals surface area (Å²) in [6.07, 6.45) is 8.46. The molecule has 2 fully saturated rings. The van der Waals surface area contributed by atoms with E-state index in [1.165, 1.54) is 51.6 Å². The van der Waals surface area contributed by atoms with Crippen molar-refractivity contribution in [3.8, 4) is 0 Å². The molecule has 88 valence electrons. The number of hydrogen-bond donors (Lipinski definition) is 1. The van der Waals surface area contributed by atoms with Crippen molar-refractivity contribution in [1.82, 2.24) is 4.90 Å². The molecule has 2 heteroatoms. The largest absolute Gasteiger partial charge is 0.329 e. The first-order valence-electron chi connectivity index (χ1n) is 6.79. The summed E-state index contributed by atoms with van der Waals surface area (Å²) in [5, 5.41) is 0. The van der Waals surface area contributed by atoms with E-state index in [1.54, 1.807) is 0 Å². The highest BCUT2D eigenvalue weighted by atomic mass is 15.2. The molecule has 15 heavy (non-hydrogen) atoms. The predicted molar refractivity (Wildman–Crippen MR) is 64.8 cm³/mol. The van der Waals surface area contributed by atoms with Gasteiger partial charge in [-0.05, 0) is 44.1 Å². The molecule has 1 aliphatic heterocycles. The summed E-state index contributed by atoms with van der Waals surface area (Å²) in [5.41, 5.74) is 5.94. The van der Waals surface area contributed by atoms with Crippen LogP contribution in [0.4, 0.5) is 0 Å². The molecule has 0 aromatic carbocycles. The van der Waals surface area contributed by atoms with Crippen LogP contribution in [0.5, 0.6) is 0 Å². The van der Waals surface area contributed by atoms with Gasteiger partial charge in [0.15, 0.2) is 0 Å². The SMILES string of the molecule is CCCC1CCN(C(CN)C2CCC2)C1. The van der Waals surface area contributed by atoms with E-state index in [2.05, 4.69) is 11.8 Å². The maximum atomic E-state index is 5.94. The van der Waals surface area contributed by atoms with Crippen LogP contribution in [-0.4, -0.2) is 30.6 Å². The molecule has 1 saturated heterocycles. The molecule has 2 aliphatic rings. The van der Waals surface area contributed by atoms with E-state index in [1.807, 2.05) is 0 Å². The van der Waals surface area contributed by atoms with Gasteiger partial charge in [0, 0.05) is 19.1 Å². The first-order valence-corrected chi connectivity index (χ1v) is 6.79. The maximum absolute atomic E-state index is 5.94. The van der Waals surface area contributed by atoms with Crippen molar-refractivity contribution in [2.75, 3.05) is 19.6 Å². The lowest BCUT2D eigenvalue weighted by Crippen LogP contribution is -2.46. The lowest BCUT2D eigenvalue weighted by molar-refractivity contribution is 0.119. The molecule has 0 radical (unpaired) electrons. The topological polar surface area (TPSA) is 29.3 Å². The quantitative estimate of drug-likeness (QED) is 0.754. The monoisotopic (exact) mass is 210 g/mol. The molecule has 1 saturated carbocycles. The van der Waals surface area contributed by atoms with Crippen molar-refractivity contribution < 1.29 is 0 Å². The maximum Gasteiger partial charge on any atom is 0.0246 e. The molecule has 2 rings (SSSR count). The Morgan fingerprint density at radius 3 is 2.67 bits per heavy atom. The number of hydrogen-bond acceptors (Lipinski definition) is 2. The van der Waals surface area contributed by atoms with Gasteiger partial charge in [-0.3, -0.25) is 4.90 Å². The van der Waals surface area contributed by atoms with E-state index in [-0.39, 0.29) is 0 Å². The Labute approximate surface area is 94.2 Å². The summed E-state index contributed by atoms with van der Waals surface area (Å²) in [5.74, 6) is 1.89. The first-order chi connectivity index (χ1) is 7.35. The Hall–Kier alpha value is -0.0800. The third-order valence-corrected chi connectivity index (χ3v) is 4.42. The Kier molecular flexibility index (Phi) is 4.04. The van der Waals surface area contributed by atoms with Crippen LogP contribution in [-0.2, 0) is 0 Å². The van der Waals surface area contributed by atoms with Gasteiger partial charge >= 0.3 is 0 Å². The Bertz CT molecular complexity index is 189. The molecule has 0 bridgehead atoms. The van der Waals surface area contributed by atoms with Gasteiger partial charge in [-0.15, -0.1) is 0 Å². The van der Waals surface area contributed by atoms with Gasteiger partial charge in [0.25, 0.3) is 0 Å². The summed E-state index contributed by atoms with van der Waals surface area (Å²) < 4.78 is 0. The molecule has 1 heterocycles. The van der Waals surface area contributed by atoms with Crippen LogP contribution in [0, 0.1) is 11.8 Å². The first kappa shape index (κ1) is 11.4. The summed E-state index contributed by atoms with van der Waals surface area (Å²) in [6, 6.07) is 0.709. The second-order valence-corrected chi connectivity index (χ2v) is 5.43. The van der Waals surface area contributed by atoms with Crippen LogP contribution < -0.4 is 5.73 Å². The number of rotatable bonds is 5. The lowest BCUT2D eigenvalue weighted by Gasteiger charge is -2.39. The van der Waals surface area contributed by atoms with Gasteiger partial charge in [-0.2, -0.15) is 0 Å². The third-order valence-electron chi connectivity index (χ3n) is 4.42. The van der Waals surface area contributed by atoms with E-state index in [0.717, 1.165) is 18.4 Å². The van der Waals surface area contributed by atoms with Crippen LogP contribution in [0.25, 0.3) is 0 Å². The molecule has 0 spiro atoms. The molecule has 2 atom stereocenters. The van der Waals surface area contributed by atoms with Gasteiger partial charge in [-0.1, -0.05) is 19.8 Å². The minimum atomic E-state index is 0.709. The molecule has 0 aromatic heterocycles. The fourth-order valence-corrected chi connectivity index (χ4v) is 3.27. The molecular weight excluding hydrogens is 184 g/mol. The van der Waals surface area contributed by atoms with E-state index in [9.17, 15) is 0 Å². The normalized spacial score (nSPS) is 30.4. The van der Waals surface area contributed by atoms with Crippen LogP contribution in [0.15, 0.2) is 0 Å². The van der Waals surface area contributed by atoms with Crippen molar-refractivity contribution in [1.29, 1.82) is 0 Å². The minimum absolute atomic E-state index is 0.709. The minimum Gasteiger partial charge on any atom is -0.329 e. The Morgan fingerprint density at radius 1 is 1.33 bits per heavy atom. The molecule has 2 unspecified atom stereocenters. The average Bonchev–Trinajstić information content (AvgIpc) is 2.60. The molecule has 0 amide bonds. The highest BCUT2D eigenvalue weighted by Crippen LogP contribution is 2.34. The Balaban J connectivity index is 1.81. The fourth-order valence-electron chi connectivity index (χ4n) is 3.27. The van der Waals surface area contributed by atoms with E-state index >= 15 is 0 Å². The zero-order valence-electron chi connectivity index (χ0n) is 10.1. The van der Waals surface area contributed by atoms with E-state index in [0.29, 0.717) is 6.04 Å². The highest BCUT2D eigenvalue weighted by Gasteiger charge is 2.34. The molecule has 2 nitrogen and oxygen atoms in total. The van der Waals surface area contributed by atoms with E-state index in [4.69, 9.17) is 5.73 Å². The van der Waals surface area contributed by atoms with Gasteiger partial charge in [0.1, 0.15) is 0 Å². The zero-order chi connectivity index (χ0) is 10.7. The van der Waals surface area contributed by atoms with Crippen LogP contribution in [0.2, 0.25) is 0 Å². The van der Waals surface area contributed by atoms with Crippen LogP contribution >= 0.6 is 0 Å². The van der Waals surface area contributed by atoms with Crippen molar-refractivity contribution in [2.24, 2.45) is 17.6 Å². The van der Waals surface area contributed by atoms with Crippen molar-refractivity contribution in [2.45, 2.75) is 51.5 Å².